The molecule has 0 amide bonds. The lowest BCUT2D eigenvalue weighted by Crippen LogP contribution is -2.33. The standard InChI is InChI=1S/C15H14N2O2/c1-15(2)8-7-11-13(18)12(17-16)9-5-3-4-6-10(9)14(11)19-15/h3-6H,7-8H2,1-2H3. The molecule has 0 saturated carbocycles. The highest BCUT2D eigenvalue weighted by molar-refractivity contribution is 6.02. The monoisotopic (exact) mass is 254 g/mol. The largest absolute Gasteiger partial charge is 0.867 e. The molecule has 0 fully saturated rings. The predicted octanol–water partition coefficient (Wildman–Crippen LogP) is 3.50. The number of ether oxygens (including phenoxy) is 1. The van der Waals surface area contributed by atoms with Crippen LogP contribution in [0.25, 0.3) is 15.7 Å². The van der Waals surface area contributed by atoms with Gasteiger partial charge in [-0.2, -0.15) is 0 Å². The molecule has 0 radical (unpaired) electrons. The Balaban J connectivity index is 2.41. The lowest BCUT2D eigenvalue weighted by Gasteiger charge is -2.34. The van der Waals surface area contributed by atoms with Crippen LogP contribution in [0, 0.1) is 5.39 Å². The highest BCUT2D eigenvalue weighted by Crippen LogP contribution is 2.48. The Kier molecular flexibility index (Phi) is 2.39. The van der Waals surface area contributed by atoms with E-state index in [4.69, 9.17) is 10.1 Å². The Bertz CT molecular complexity index is 714. The summed E-state index contributed by atoms with van der Waals surface area (Å²) in [5, 5.41) is 22.9. The summed E-state index contributed by atoms with van der Waals surface area (Å²) in [6, 6.07) is 7.37. The first kappa shape index (κ1) is 11.8. The number of benzene rings is 2. The molecule has 3 rings (SSSR count). The van der Waals surface area contributed by atoms with Gasteiger partial charge in [0.05, 0.1) is 5.39 Å². The maximum Gasteiger partial charge on any atom is 0.385 e. The van der Waals surface area contributed by atoms with Crippen LogP contribution in [0.2, 0.25) is 0 Å². The van der Waals surface area contributed by atoms with Crippen LogP contribution >= 0.6 is 0 Å². The van der Waals surface area contributed by atoms with Crippen LogP contribution in [0.15, 0.2) is 24.3 Å². The minimum absolute atomic E-state index is 0.109. The molecule has 1 aliphatic rings. The fourth-order valence-electron chi connectivity index (χ4n) is 2.61. The molecule has 4 nitrogen and oxygen atoms in total. The predicted molar refractivity (Wildman–Crippen MR) is 71.2 cm³/mol. The van der Waals surface area contributed by atoms with Crippen LogP contribution in [0.4, 0.5) is 5.69 Å². The Morgan fingerprint density at radius 3 is 2.63 bits per heavy atom. The molecule has 1 aliphatic heterocycles. The fraction of sp³-hybridized carbons (Fsp3) is 0.333. The van der Waals surface area contributed by atoms with Crippen molar-refractivity contribution in [2.24, 2.45) is 0 Å². The number of nitrogens with zero attached hydrogens (tertiary/aromatic N) is 2. The Hall–Kier alpha value is -2.28. The van der Waals surface area contributed by atoms with Gasteiger partial charge < -0.3 is 9.84 Å². The minimum atomic E-state index is -0.278. The van der Waals surface area contributed by atoms with Gasteiger partial charge in [-0.15, -0.1) is 0 Å². The van der Waals surface area contributed by atoms with Crippen molar-refractivity contribution < 1.29 is 9.84 Å². The van der Waals surface area contributed by atoms with Gasteiger partial charge in [0, 0.05) is 5.39 Å². The van der Waals surface area contributed by atoms with Crippen LogP contribution in [0.5, 0.6) is 11.5 Å². The SMILES string of the molecule is CC1(C)CCc2c([O-])c([N+]#N)c3ccccc3c2O1. The van der Waals surface area contributed by atoms with E-state index in [9.17, 15) is 5.11 Å². The number of diazo groups is 1. The molecule has 0 spiro atoms. The molecule has 2 aromatic rings. The number of hydrogen-bond donors (Lipinski definition) is 0. The molecule has 2 aromatic carbocycles. The Labute approximate surface area is 111 Å². The summed E-state index contributed by atoms with van der Waals surface area (Å²) >= 11 is 0. The van der Waals surface area contributed by atoms with E-state index in [1.165, 1.54) is 0 Å². The first-order valence-electron chi connectivity index (χ1n) is 6.32. The van der Waals surface area contributed by atoms with Crippen LogP contribution in [0.3, 0.4) is 0 Å². The Morgan fingerprint density at radius 2 is 1.95 bits per heavy atom. The third kappa shape index (κ3) is 1.70. The van der Waals surface area contributed by atoms with E-state index in [-0.39, 0.29) is 17.0 Å². The third-order valence-electron chi connectivity index (χ3n) is 3.65. The second-order valence-corrected chi connectivity index (χ2v) is 5.49. The molecule has 0 aromatic heterocycles. The molecule has 0 N–H and O–H groups in total. The number of hydrogen-bond acceptors (Lipinski definition) is 3. The summed E-state index contributed by atoms with van der Waals surface area (Å²) < 4.78 is 5.99. The third-order valence-corrected chi connectivity index (χ3v) is 3.65. The average Bonchev–Trinajstić information content (AvgIpc) is 2.38. The van der Waals surface area contributed by atoms with Crippen LogP contribution in [0.1, 0.15) is 25.8 Å². The van der Waals surface area contributed by atoms with Gasteiger partial charge in [-0.1, -0.05) is 18.2 Å². The lowest BCUT2D eigenvalue weighted by atomic mass is 9.90. The van der Waals surface area contributed by atoms with Crippen molar-refractivity contribution >= 4 is 16.5 Å². The van der Waals surface area contributed by atoms with Gasteiger partial charge >= 0.3 is 5.69 Å². The van der Waals surface area contributed by atoms with Crippen molar-refractivity contribution in [3.63, 3.8) is 0 Å². The number of rotatable bonds is 0. The molecule has 0 unspecified atom stereocenters. The molecule has 0 atom stereocenters. The van der Waals surface area contributed by atoms with Crippen molar-refractivity contribution in [3.05, 3.63) is 34.8 Å². The normalized spacial score (nSPS) is 16.5. The molecule has 4 heteroatoms. The average molecular weight is 254 g/mol. The fourth-order valence-corrected chi connectivity index (χ4v) is 2.61. The van der Waals surface area contributed by atoms with Gasteiger partial charge in [-0.25, -0.2) is 0 Å². The van der Waals surface area contributed by atoms with Crippen molar-refractivity contribution in [1.29, 1.82) is 5.39 Å². The molecule has 19 heavy (non-hydrogen) atoms. The first-order valence-corrected chi connectivity index (χ1v) is 6.32. The maximum absolute atomic E-state index is 12.3. The zero-order valence-corrected chi connectivity index (χ0v) is 10.9. The Morgan fingerprint density at radius 1 is 1.26 bits per heavy atom. The molecular formula is C15H14N2O2. The topological polar surface area (TPSA) is 60.4 Å². The van der Waals surface area contributed by atoms with Gasteiger partial charge in [0.25, 0.3) is 0 Å². The van der Waals surface area contributed by atoms with Crippen LogP contribution in [-0.2, 0) is 6.42 Å². The zero-order chi connectivity index (χ0) is 13.6. The molecule has 0 bridgehead atoms. The van der Waals surface area contributed by atoms with Crippen molar-refractivity contribution in [2.75, 3.05) is 0 Å². The van der Waals surface area contributed by atoms with Gasteiger partial charge in [0.15, 0.2) is 4.98 Å². The summed E-state index contributed by atoms with van der Waals surface area (Å²) in [6.45, 7) is 4.03. The van der Waals surface area contributed by atoms with Gasteiger partial charge in [-0.05, 0) is 44.1 Å². The van der Waals surface area contributed by atoms with Gasteiger partial charge in [-0.3, -0.25) is 0 Å². The summed E-state index contributed by atoms with van der Waals surface area (Å²) in [5.41, 5.74) is 0.448. The number of fused-ring (bicyclic) bond motifs is 3. The molecule has 0 saturated heterocycles. The molecular weight excluding hydrogens is 240 g/mol. The van der Waals surface area contributed by atoms with E-state index < -0.39 is 0 Å². The second-order valence-electron chi connectivity index (χ2n) is 5.49. The zero-order valence-electron chi connectivity index (χ0n) is 10.9. The van der Waals surface area contributed by atoms with Crippen molar-refractivity contribution in [1.82, 2.24) is 0 Å². The highest BCUT2D eigenvalue weighted by atomic mass is 16.5. The van der Waals surface area contributed by atoms with Gasteiger partial charge in [0.2, 0.25) is 5.39 Å². The molecule has 0 aliphatic carbocycles. The van der Waals surface area contributed by atoms with Gasteiger partial charge in [0.1, 0.15) is 11.4 Å². The molecule has 96 valence electrons. The van der Waals surface area contributed by atoms with E-state index in [1.807, 2.05) is 32.0 Å². The summed E-state index contributed by atoms with van der Waals surface area (Å²) in [7, 11) is 0. The summed E-state index contributed by atoms with van der Waals surface area (Å²) in [4.78, 5) is 3.17. The highest BCUT2D eigenvalue weighted by Gasteiger charge is 2.31. The van der Waals surface area contributed by atoms with E-state index in [0.29, 0.717) is 23.1 Å². The van der Waals surface area contributed by atoms with Crippen LogP contribution < -0.4 is 9.84 Å². The smallest absolute Gasteiger partial charge is 0.385 e. The van der Waals surface area contributed by atoms with Crippen molar-refractivity contribution in [2.45, 2.75) is 32.3 Å². The maximum atomic E-state index is 12.3. The summed E-state index contributed by atoms with van der Waals surface area (Å²) in [6.07, 6.45) is 1.42. The van der Waals surface area contributed by atoms with E-state index in [2.05, 4.69) is 4.98 Å². The van der Waals surface area contributed by atoms with E-state index >= 15 is 0 Å². The second kappa shape index (κ2) is 3.86. The first-order chi connectivity index (χ1) is 9.03. The quantitative estimate of drug-likeness (QED) is 0.676. The molecule has 1 heterocycles. The van der Waals surface area contributed by atoms with E-state index in [0.717, 1.165) is 11.8 Å². The minimum Gasteiger partial charge on any atom is -0.867 e. The lowest BCUT2D eigenvalue weighted by molar-refractivity contribution is -0.268. The van der Waals surface area contributed by atoms with E-state index in [1.54, 1.807) is 6.07 Å². The van der Waals surface area contributed by atoms with Crippen molar-refractivity contribution in [3.8, 4) is 11.5 Å². The van der Waals surface area contributed by atoms with Crippen LogP contribution in [-0.4, -0.2) is 5.60 Å². The summed E-state index contributed by atoms with van der Waals surface area (Å²) in [5.74, 6) is 0.413.